The van der Waals surface area contributed by atoms with E-state index in [9.17, 15) is 10.1 Å². The highest BCUT2D eigenvalue weighted by atomic mass is 16.6. The molecule has 1 heterocycles. The molecule has 25 heavy (non-hydrogen) atoms. The molecule has 0 N–H and O–H groups in total. The summed E-state index contributed by atoms with van der Waals surface area (Å²) < 4.78 is 0. The molecule has 0 bridgehead atoms. The van der Waals surface area contributed by atoms with Crippen LogP contribution in [0, 0.1) is 10.1 Å². The van der Waals surface area contributed by atoms with Crippen molar-refractivity contribution in [1.82, 2.24) is 4.98 Å². The van der Waals surface area contributed by atoms with Crippen LogP contribution in [0.15, 0.2) is 97.3 Å². The lowest BCUT2D eigenvalue weighted by molar-refractivity contribution is -0.384. The lowest BCUT2D eigenvalue weighted by Crippen LogP contribution is -1.87. The van der Waals surface area contributed by atoms with Gasteiger partial charge < -0.3 is 0 Å². The minimum absolute atomic E-state index is 0.110. The Morgan fingerprint density at radius 2 is 1.32 bits per heavy atom. The number of aromatic nitrogens is 1. The average molecular weight is 328 g/mol. The second kappa shape index (κ2) is 7.84. The Morgan fingerprint density at radius 3 is 1.88 bits per heavy atom. The predicted octanol–water partition coefficient (Wildman–Crippen LogP) is 5.50. The highest BCUT2D eigenvalue weighted by molar-refractivity contribution is 5.83. The molecule has 122 valence electrons. The smallest absolute Gasteiger partial charge is 0.264 e. The number of non-ortho nitro benzene ring substituents is 1. The first kappa shape index (κ1) is 16.3. The Labute approximate surface area is 145 Å². The number of fused-ring (bicyclic) bond motifs is 1. The second-order valence-electron chi connectivity index (χ2n) is 5.40. The number of nitrogens with zero attached hydrogens (tertiary/aromatic N) is 2. The van der Waals surface area contributed by atoms with Crippen molar-refractivity contribution >= 4 is 16.5 Å². The van der Waals surface area contributed by atoms with Crippen LogP contribution >= 0.6 is 0 Å². The topological polar surface area (TPSA) is 56.0 Å². The number of pyridine rings is 1. The van der Waals surface area contributed by atoms with Crippen LogP contribution < -0.4 is 0 Å². The van der Waals surface area contributed by atoms with Crippen LogP contribution in [0.5, 0.6) is 0 Å². The molecule has 4 aromatic rings. The van der Waals surface area contributed by atoms with Gasteiger partial charge in [-0.15, -0.1) is 0 Å². The zero-order valence-electron chi connectivity index (χ0n) is 13.4. The van der Waals surface area contributed by atoms with Gasteiger partial charge in [0.15, 0.2) is 0 Å². The van der Waals surface area contributed by atoms with Gasteiger partial charge in [0.05, 0.1) is 4.92 Å². The van der Waals surface area contributed by atoms with Crippen molar-refractivity contribution in [3.8, 4) is 11.1 Å². The summed E-state index contributed by atoms with van der Waals surface area (Å²) in [6.07, 6.45) is 3.30. The fraction of sp³-hybridized carbons (Fsp3) is 0. The van der Waals surface area contributed by atoms with E-state index < -0.39 is 4.92 Å². The van der Waals surface area contributed by atoms with E-state index in [0.29, 0.717) is 0 Å². The second-order valence-corrected chi connectivity index (χ2v) is 5.40. The van der Waals surface area contributed by atoms with E-state index >= 15 is 0 Å². The summed E-state index contributed by atoms with van der Waals surface area (Å²) in [5, 5.41) is 12.2. The molecule has 0 saturated heterocycles. The fourth-order valence-corrected chi connectivity index (χ4v) is 2.45. The van der Waals surface area contributed by atoms with Crippen LogP contribution in [0.25, 0.3) is 21.9 Å². The summed E-state index contributed by atoms with van der Waals surface area (Å²) in [5.41, 5.74) is 2.66. The van der Waals surface area contributed by atoms with E-state index in [1.165, 1.54) is 23.3 Å². The summed E-state index contributed by atoms with van der Waals surface area (Å²) in [5.74, 6) is 0. The third kappa shape index (κ3) is 4.26. The molecule has 0 aliphatic carbocycles. The summed E-state index contributed by atoms with van der Waals surface area (Å²) in [4.78, 5) is 13.9. The highest BCUT2D eigenvalue weighted by Crippen LogP contribution is 2.19. The molecule has 0 atom stereocenters. The minimum atomic E-state index is -0.403. The first-order valence-electron chi connectivity index (χ1n) is 7.83. The third-order valence-electron chi connectivity index (χ3n) is 3.72. The highest BCUT2D eigenvalue weighted by Gasteiger charge is 2.04. The van der Waals surface area contributed by atoms with Crippen molar-refractivity contribution in [2.75, 3.05) is 0 Å². The van der Waals surface area contributed by atoms with Crippen molar-refractivity contribution in [3.63, 3.8) is 0 Å². The molecular formula is C21H16N2O2. The van der Waals surface area contributed by atoms with Gasteiger partial charge in [-0.2, -0.15) is 0 Å². The van der Waals surface area contributed by atoms with E-state index in [1.807, 2.05) is 12.1 Å². The summed E-state index contributed by atoms with van der Waals surface area (Å²) >= 11 is 0. The van der Waals surface area contributed by atoms with Gasteiger partial charge in [0, 0.05) is 29.9 Å². The summed E-state index contributed by atoms with van der Waals surface area (Å²) in [7, 11) is 0. The van der Waals surface area contributed by atoms with Crippen LogP contribution in [0.2, 0.25) is 0 Å². The monoisotopic (exact) mass is 328 g/mol. The van der Waals surface area contributed by atoms with Gasteiger partial charge in [-0.3, -0.25) is 15.1 Å². The quantitative estimate of drug-likeness (QED) is 0.361. The number of benzene rings is 3. The molecule has 0 saturated carbocycles. The van der Waals surface area contributed by atoms with Gasteiger partial charge in [-0.25, -0.2) is 0 Å². The molecule has 3 aromatic carbocycles. The van der Waals surface area contributed by atoms with Crippen molar-refractivity contribution in [2.45, 2.75) is 0 Å². The lowest BCUT2D eigenvalue weighted by Gasteiger charge is -1.98. The predicted molar refractivity (Wildman–Crippen MR) is 100 cm³/mol. The van der Waals surface area contributed by atoms with Crippen LogP contribution in [0.3, 0.4) is 0 Å². The maximum atomic E-state index is 10.4. The van der Waals surface area contributed by atoms with E-state index in [1.54, 1.807) is 24.5 Å². The molecular weight excluding hydrogens is 312 g/mol. The lowest BCUT2D eigenvalue weighted by atomic mass is 10.1. The Morgan fingerprint density at radius 1 is 0.720 bits per heavy atom. The Bertz CT molecular complexity index is 933. The largest absolute Gasteiger partial charge is 0.270 e. The van der Waals surface area contributed by atoms with Gasteiger partial charge in [-0.1, -0.05) is 60.7 Å². The van der Waals surface area contributed by atoms with Crippen LogP contribution in [0.1, 0.15) is 0 Å². The first-order valence-corrected chi connectivity index (χ1v) is 7.83. The molecule has 0 radical (unpaired) electrons. The number of nitro groups is 1. The number of hydrogen-bond acceptors (Lipinski definition) is 3. The molecule has 0 spiro atoms. The van der Waals surface area contributed by atoms with E-state index in [4.69, 9.17) is 0 Å². The van der Waals surface area contributed by atoms with Crippen LogP contribution in [-0.2, 0) is 0 Å². The average Bonchev–Trinajstić information content (AvgIpc) is 2.69. The molecule has 0 fully saturated rings. The van der Waals surface area contributed by atoms with E-state index in [0.717, 1.165) is 10.8 Å². The Balaban J connectivity index is 0.000000146. The summed E-state index contributed by atoms with van der Waals surface area (Å²) in [6.45, 7) is 0. The van der Waals surface area contributed by atoms with Gasteiger partial charge in [-0.05, 0) is 28.6 Å². The van der Waals surface area contributed by atoms with Crippen LogP contribution in [0.4, 0.5) is 5.69 Å². The standard InChI is InChI=1S/C12H10.C9H6N2O2/c1-3-7-11(8-4-1)12-9-5-2-6-10-12;12-11(13)9-2-1-8-6-10-4-3-7(8)5-9/h1-10H;1-6H. The van der Waals surface area contributed by atoms with Crippen LogP contribution in [-0.4, -0.2) is 9.91 Å². The third-order valence-corrected chi connectivity index (χ3v) is 3.72. The maximum Gasteiger partial charge on any atom is 0.270 e. The van der Waals surface area contributed by atoms with Crippen molar-refractivity contribution in [2.24, 2.45) is 0 Å². The zero-order valence-corrected chi connectivity index (χ0v) is 13.4. The number of rotatable bonds is 2. The molecule has 0 unspecified atom stereocenters. The number of nitro benzene ring substituents is 1. The van der Waals surface area contributed by atoms with Gasteiger partial charge in [0.25, 0.3) is 5.69 Å². The SMILES string of the molecule is O=[N+]([O-])c1ccc2cnccc2c1.c1ccc(-c2ccccc2)cc1. The molecule has 0 aliphatic rings. The zero-order chi connectivity index (χ0) is 17.5. The first-order chi connectivity index (χ1) is 12.2. The molecule has 1 aromatic heterocycles. The molecule has 0 amide bonds. The molecule has 4 nitrogen and oxygen atoms in total. The van der Waals surface area contributed by atoms with E-state index in [2.05, 4.69) is 53.5 Å². The van der Waals surface area contributed by atoms with Gasteiger partial charge in [0.2, 0.25) is 0 Å². The summed E-state index contributed by atoms with van der Waals surface area (Å²) in [6, 6.07) is 27.2. The van der Waals surface area contributed by atoms with Crippen molar-refractivity contribution in [3.05, 3.63) is 107 Å². The molecule has 0 aliphatic heterocycles. The Kier molecular flexibility index (Phi) is 5.12. The minimum Gasteiger partial charge on any atom is -0.264 e. The van der Waals surface area contributed by atoms with Crippen molar-refractivity contribution < 1.29 is 4.92 Å². The van der Waals surface area contributed by atoms with Crippen molar-refractivity contribution in [1.29, 1.82) is 0 Å². The van der Waals surface area contributed by atoms with Gasteiger partial charge >= 0.3 is 0 Å². The number of hydrogen-bond donors (Lipinski definition) is 0. The van der Waals surface area contributed by atoms with E-state index in [-0.39, 0.29) is 5.69 Å². The fourth-order valence-electron chi connectivity index (χ4n) is 2.45. The molecule has 4 rings (SSSR count). The molecule has 4 heteroatoms. The maximum absolute atomic E-state index is 10.4. The van der Waals surface area contributed by atoms with Gasteiger partial charge in [0.1, 0.15) is 0 Å². The normalized spacial score (nSPS) is 9.92. The Hall–Kier alpha value is -3.53.